The molecule has 0 spiro atoms. The lowest BCUT2D eigenvalue weighted by Crippen LogP contribution is -2.30. The molecule has 0 aromatic heterocycles. The molecule has 0 fully saturated rings. The molecule has 0 rings (SSSR count). The van der Waals surface area contributed by atoms with Gasteiger partial charge in [-0.15, -0.1) is 0 Å². The predicted octanol–water partition coefficient (Wildman–Crippen LogP) is 27.2. The van der Waals surface area contributed by atoms with Crippen LogP contribution in [0.4, 0.5) is 0 Å². The van der Waals surface area contributed by atoms with Crippen molar-refractivity contribution in [2.24, 2.45) is 5.92 Å². The van der Waals surface area contributed by atoms with Gasteiger partial charge in [0.15, 0.2) is 12.2 Å². The lowest BCUT2D eigenvalue weighted by atomic mass is 10.0. The fourth-order valence-electron chi connectivity index (χ4n) is 13.8. The van der Waals surface area contributed by atoms with Gasteiger partial charge < -0.3 is 33.8 Å². The number of esters is 4. The quantitative estimate of drug-likeness (QED) is 0.0222. The Morgan fingerprint density at radius 1 is 0.252 bits per heavy atom. The van der Waals surface area contributed by atoms with Crippen LogP contribution in [0, 0.1) is 5.92 Å². The van der Waals surface area contributed by atoms with E-state index in [1.165, 1.54) is 302 Å². The average molecular weight is 1560 g/mol. The lowest BCUT2D eigenvalue weighted by Gasteiger charge is -2.21. The van der Waals surface area contributed by atoms with Crippen LogP contribution in [-0.2, 0) is 65.4 Å². The predicted molar refractivity (Wildman–Crippen MR) is 442 cm³/mol. The number of aliphatic hydroxyl groups is 1. The van der Waals surface area contributed by atoms with Gasteiger partial charge in [-0.3, -0.25) is 37.3 Å². The minimum atomic E-state index is -4.97. The smallest absolute Gasteiger partial charge is 0.462 e. The summed E-state index contributed by atoms with van der Waals surface area (Å²) in [5.74, 6) is -1.29. The Morgan fingerprint density at radius 3 is 0.636 bits per heavy atom. The normalized spacial score (nSPS) is 13.7. The van der Waals surface area contributed by atoms with Gasteiger partial charge in [0.25, 0.3) is 0 Å². The van der Waals surface area contributed by atoms with Crippen LogP contribution < -0.4 is 0 Å². The van der Waals surface area contributed by atoms with Gasteiger partial charge in [0.2, 0.25) is 0 Å². The number of hydrogen-bond donors (Lipinski definition) is 3. The second-order valence-corrected chi connectivity index (χ2v) is 35.0. The lowest BCUT2D eigenvalue weighted by molar-refractivity contribution is -0.161. The molecule has 0 bridgehead atoms. The van der Waals surface area contributed by atoms with Crippen LogP contribution in [0.5, 0.6) is 0 Å². The van der Waals surface area contributed by atoms with Gasteiger partial charge in [-0.05, 0) is 31.6 Å². The number of hydrogen-bond acceptors (Lipinski definition) is 15. The molecule has 0 saturated heterocycles. The first-order valence-corrected chi connectivity index (χ1v) is 48.6. The van der Waals surface area contributed by atoms with Gasteiger partial charge >= 0.3 is 39.5 Å². The first-order valence-electron chi connectivity index (χ1n) is 45.6. The summed E-state index contributed by atoms with van der Waals surface area (Å²) in [7, 11) is -9.93. The number of phosphoric acid groups is 2. The van der Waals surface area contributed by atoms with E-state index in [4.69, 9.17) is 37.0 Å². The van der Waals surface area contributed by atoms with E-state index in [2.05, 4.69) is 34.6 Å². The molecule has 3 N–H and O–H groups in total. The second-order valence-electron chi connectivity index (χ2n) is 32.1. The molecule has 5 atom stereocenters. The number of ether oxygens (including phenoxy) is 4. The maximum Gasteiger partial charge on any atom is 0.472 e. The molecule has 2 unspecified atom stereocenters. The molecular weight excluding hydrogens is 1390 g/mol. The van der Waals surface area contributed by atoms with Gasteiger partial charge in [0.05, 0.1) is 26.4 Å². The van der Waals surface area contributed by atoms with Crippen molar-refractivity contribution < 1.29 is 80.2 Å². The standard InChI is InChI=1S/C88H172O17P2/c1-6-9-12-15-18-21-24-26-28-30-31-32-33-35-39-44-49-54-59-64-69-74-88(93)105-84(78-99-86(91)72-67-62-57-52-47-42-40-36-37-41-46-50-55-60-65-70-81(4)5)80-103-107(96,97)101-76-82(89)75-100-106(94,95)102-79-83(77-98-85(90)71-66-61-56-51-45-23-20-17-14-11-8-3)104-87(92)73-68-63-58-53-48-43-38-34-29-27-25-22-19-16-13-10-7-2/h81-84,89H,6-80H2,1-5H3,(H,94,95)(H,96,97)/t82-,83+,84+/m0/s1. The highest BCUT2D eigenvalue weighted by molar-refractivity contribution is 7.47. The molecule has 19 heteroatoms. The molecule has 0 aromatic carbocycles. The number of carbonyl (C=O) groups is 4. The van der Waals surface area contributed by atoms with E-state index in [1.807, 2.05) is 0 Å². The summed E-state index contributed by atoms with van der Waals surface area (Å²) >= 11 is 0. The summed E-state index contributed by atoms with van der Waals surface area (Å²) in [4.78, 5) is 73.3. The zero-order chi connectivity index (χ0) is 78.3. The molecular formula is C88H172O17P2. The third-order valence-corrected chi connectivity index (χ3v) is 22.7. The molecule has 17 nitrogen and oxygen atoms in total. The van der Waals surface area contributed by atoms with Crippen LogP contribution in [0.15, 0.2) is 0 Å². The number of aliphatic hydroxyl groups excluding tert-OH is 1. The molecule has 0 aliphatic heterocycles. The highest BCUT2D eigenvalue weighted by atomic mass is 31.2. The van der Waals surface area contributed by atoms with Crippen molar-refractivity contribution in [2.45, 2.75) is 496 Å². The summed E-state index contributed by atoms with van der Waals surface area (Å²) in [6.07, 6.45) is 75.0. The Labute approximate surface area is 658 Å². The monoisotopic (exact) mass is 1560 g/mol. The molecule has 0 aliphatic rings. The molecule has 0 heterocycles. The number of carbonyl (C=O) groups excluding carboxylic acids is 4. The van der Waals surface area contributed by atoms with E-state index in [1.54, 1.807) is 0 Å². The minimum Gasteiger partial charge on any atom is -0.462 e. The summed E-state index contributed by atoms with van der Waals surface area (Å²) in [6.45, 7) is 7.41. The van der Waals surface area contributed by atoms with Crippen LogP contribution >= 0.6 is 15.6 Å². The first-order chi connectivity index (χ1) is 52.0. The maximum atomic E-state index is 13.2. The highest BCUT2D eigenvalue weighted by Gasteiger charge is 2.30. The van der Waals surface area contributed by atoms with Gasteiger partial charge in [-0.2, -0.15) is 0 Å². The first kappa shape index (κ1) is 105. The molecule has 0 saturated carbocycles. The Morgan fingerprint density at radius 2 is 0.430 bits per heavy atom. The number of phosphoric ester groups is 2. The minimum absolute atomic E-state index is 0.109. The summed E-state index contributed by atoms with van der Waals surface area (Å²) < 4.78 is 69.0. The number of rotatable bonds is 88. The molecule has 0 aromatic rings. The van der Waals surface area contributed by atoms with Crippen molar-refractivity contribution in [3.63, 3.8) is 0 Å². The largest absolute Gasteiger partial charge is 0.472 e. The average Bonchev–Trinajstić information content (AvgIpc) is 0.904. The van der Waals surface area contributed by atoms with E-state index < -0.39 is 97.5 Å². The van der Waals surface area contributed by atoms with E-state index in [0.29, 0.717) is 25.7 Å². The Bertz CT molecular complexity index is 2030. The topological polar surface area (TPSA) is 237 Å². The van der Waals surface area contributed by atoms with Crippen molar-refractivity contribution in [3.8, 4) is 0 Å². The van der Waals surface area contributed by atoms with Gasteiger partial charge in [0, 0.05) is 25.7 Å². The molecule has 0 radical (unpaired) electrons. The summed E-state index contributed by atoms with van der Waals surface area (Å²) in [5.41, 5.74) is 0. The van der Waals surface area contributed by atoms with Crippen molar-refractivity contribution in [1.29, 1.82) is 0 Å². The van der Waals surface area contributed by atoms with Crippen LogP contribution in [0.25, 0.3) is 0 Å². The van der Waals surface area contributed by atoms with Crippen LogP contribution in [0.1, 0.15) is 478 Å². The third-order valence-electron chi connectivity index (χ3n) is 20.8. The zero-order valence-corrected chi connectivity index (χ0v) is 72.1. The van der Waals surface area contributed by atoms with Crippen LogP contribution in [0.3, 0.4) is 0 Å². The molecule has 0 aliphatic carbocycles. The van der Waals surface area contributed by atoms with Gasteiger partial charge in [-0.1, -0.05) is 426 Å². The van der Waals surface area contributed by atoms with E-state index in [0.717, 1.165) is 95.8 Å². The Hall–Kier alpha value is -1.94. The summed E-state index contributed by atoms with van der Waals surface area (Å²) in [5, 5.41) is 10.7. The Kier molecular flexibility index (Phi) is 79.2. The van der Waals surface area contributed by atoms with Crippen molar-refractivity contribution in [3.05, 3.63) is 0 Å². The van der Waals surface area contributed by atoms with Gasteiger partial charge in [-0.25, -0.2) is 9.13 Å². The van der Waals surface area contributed by atoms with Gasteiger partial charge in [0.1, 0.15) is 19.3 Å². The Balaban J connectivity index is 5.23. The molecule has 0 amide bonds. The fourth-order valence-corrected chi connectivity index (χ4v) is 15.4. The SMILES string of the molecule is CCCCCCCCCCCCCCCCCCCCCCCC(=O)O[C@H](COC(=O)CCCCCCCCCCCCCCCCCC(C)C)COP(=O)(O)OC[C@@H](O)COP(=O)(O)OC[C@@H](COC(=O)CCCCCCCCCCCCC)OC(=O)CCCCCCCCCCCCCCCCCCC. The van der Waals surface area contributed by atoms with E-state index in [-0.39, 0.29) is 25.7 Å². The number of unbranched alkanes of at least 4 members (excludes halogenated alkanes) is 60. The van der Waals surface area contributed by atoms with Crippen molar-refractivity contribution in [1.82, 2.24) is 0 Å². The van der Waals surface area contributed by atoms with E-state index in [9.17, 15) is 43.2 Å². The fraction of sp³-hybridized carbons (Fsp3) is 0.955. The third kappa shape index (κ3) is 81.9. The molecule has 107 heavy (non-hydrogen) atoms. The van der Waals surface area contributed by atoms with E-state index >= 15 is 0 Å². The summed E-state index contributed by atoms with van der Waals surface area (Å²) in [6, 6.07) is 0. The second kappa shape index (κ2) is 80.7. The highest BCUT2D eigenvalue weighted by Crippen LogP contribution is 2.45. The van der Waals surface area contributed by atoms with Crippen LogP contribution in [0.2, 0.25) is 0 Å². The zero-order valence-electron chi connectivity index (χ0n) is 70.3. The molecule has 636 valence electrons. The van der Waals surface area contributed by atoms with Crippen LogP contribution in [-0.4, -0.2) is 96.7 Å². The van der Waals surface area contributed by atoms with Crippen molar-refractivity contribution in [2.75, 3.05) is 39.6 Å². The van der Waals surface area contributed by atoms with Crippen molar-refractivity contribution >= 4 is 39.5 Å². The maximum absolute atomic E-state index is 13.2.